The van der Waals surface area contributed by atoms with Gasteiger partial charge >= 0.3 is 6.18 Å². The molecule has 0 aromatic heterocycles. The number of anilines is 1. The van der Waals surface area contributed by atoms with Crippen LogP contribution in [-0.4, -0.2) is 13.0 Å². The van der Waals surface area contributed by atoms with Crippen LogP contribution in [-0.2, 0) is 6.18 Å². The zero-order chi connectivity index (χ0) is 16.3. The first-order valence-corrected chi connectivity index (χ1v) is 6.23. The summed E-state index contributed by atoms with van der Waals surface area (Å²) >= 11 is 0. The van der Waals surface area contributed by atoms with E-state index >= 15 is 0 Å². The normalized spacial score (nSPS) is 11.1. The van der Waals surface area contributed by atoms with Crippen LogP contribution in [0.4, 0.5) is 18.9 Å². The lowest BCUT2D eigenvalue weighted by atomic mass is 10.1. The number of methoxy groups -OCH3 is 1. The number of hydrazine groups is 1. The molecular weight excluding hydrogens is 297 g/mol. The van der Waals surface area contributed by atoms with Crippen LogP contribution in [0.15, 0.2) is 48.5 Å². The molecule has 0 aliphatic rings. The molecule has 0 spiro atoms. The van der Waals surface area contributed by atoms with E-state index in [9.17, 15) is 18.0 Å². The zero-order valence-corrected chi connectivity index (χ0v) is 11.6. The van der Waals surface area contributed by atoms with Crippen LogP contribution >= 0.6 is 0 Å². The van der Waals surface area contributed by atoms with E-state index in [0.717, 1.165) is 12.1 Å². The molecule has 1 amide bonds. The second-order valence-electron chi connectivity index (χ2n) is 4.45. The average Bonchev–Trinajstić information content (AvgIpc) is 2.53. The van der Waals surface area contributed by atoms with Crippen molar-refractivity contribution >= 4 is 11.6 Å². The van der Waals surface area contributed by atoms with Gasteiger partial charge in [-0.25, -0.2) is 10.9 Å². The van der Waals surface area contributed by atoms with Crippen molar-refractivity contribution in [1.82, 2.24) is 0 Å². The van der Waals surface area contributed by atoms with Gasteiger partial charge in [-0.1, -0.05) is 6.07 Å². The molecule has 0 aliphatic carbocycles. The van der Waals surface area contributed by atoms with Gasteiger partial charge in [0.15, 0.2) is 0 Å². The Labute approximate surface area is 124 Å². The number of hydrogen-bond donors (Lipinski definition) is 1. The minimum Gasteiger partial charge on any atom is -0.497 e. The number of rotatable bonds is 3. The summed E-state index contributed by atoms with van der Waals surface area (Å²) in [6.07, 6.45) is -4.50. The smallest absolute Gasteiger partial charge is 0.416 e. The first-order valence-electron chi connectivity index (χ1n) is 6.23. The number of nitrogens with zero attached hydrogens (tertiary/aromatic N) is 1. The van der Waals surface area contributed by atoms with Crippen molar-refractivity contribution in [3.8, 4) is 5.75 Å². The van der Waals surface area contributed by atoms with E-state index in [0.29, 0.717) is 10.8 Å². The van der Waals surface area contributed by atoms with Crippen molar-refractivity contribution in [3.63, 3.8) is 0 Å². The van der Waals surface area contributed by atoms with E-state index < -0.39 is 17.6 Å². The predicted molar refractivity (Wildman–Crippen MR) is 75.4 cm³/mol. The standard InChI is InChI=1S/C15H13F3N2O2/c1-22-13-7-5-10(6-8-13)14(21)20(19)12-4-2-3-11(9-12)15(16,17)18/h2-9H,19H2,1H3. The first kappa shape index (κ1) is 15.8. The van der Waals surface area contributed by atoms with Crippen molar-refractivity contribution < 1.29 is 22.7 Å². The highest BCUT2D eigenvalue weighted by Gasteiger charge is 2.31. The molecule has 0 fully saturated rings. The number of amides is 1. The number of carbonyl (C=O) groups excluding carboxylic acids is 1. The van der Waals surface area contributed by atoms with Gasteiger partial charge in [0.2, 0.25) is 0 Å². The maximum Gasteiger partial charge on any atom is 0.416 e. The molecule has 116 valence electrons. The maximum absolute atomic E-state index is 12.7. The van der Waals surface area contributed by atoms with Gasteiger partial charge in [-0.05, 0) is 42.5 Å². The molecule has 22 heavy (non-hydrogen) atoms. The van der Waals surface area contributed by atoms with Crippen LogP contribution in [0.3, 0.4) is 0 Å². The van der Waals surface area contributed by atoms with Crippen LogP contribution in [0.1, 0.15) is 15.9 Å². The monoisotopic (exact) mass is 310 g/mol. The second-order valence-corrected chi connectivity index (χ2v) is 4.45. The quantitative estimate of drug-likeness (QED) is 0.538. The Balaban J connectivity index is 2.26. The number of nitrogens with two attached hydrogens (primary N) is 1. The highest BCUT2D eigenvalue weighted by molar-refractivity contribution is 6.05. The molecule has 0 aliphatic heterocycles. The Morgan fingerprint density at radius 2 is 1.77 bits per heavy atom. The lowest BCUT2D eigenvalue weighted by Gasteiger charge is -2.18. The Bertz CT molecular complexity index is 669. The number of benzene rings is 2. The molecule has 0 atom stereocenters. The molecule has 0 radical (unpaired) electrons. The van der Waals surface area contributed by atoms with E-state index in [-0.39, 0.29) is 11.3 Å². The van der Waals surface area contributed by atoms with E-state index in [1.807, 2.05) is 0 Å². The van der Waals surface area contributed by atoms with Crippen LogP contribution in [0.25, 0.3) is 0 Å². The van der Waals surface area contributed by atoms with Gasteiger partial charge in [-0.3, -0.25) is 4.79 Å². The minimum absolute atomic E-state index is 0.0457. The van der Waals surface area contributed by atoms with Crippen molar-refractivity contribution in [2.45, 2.75) is 6.18 Å². The van der Waals surface area contributed by atoms with E-state index in [4.69, 9.17) is 10.6 Å². The molecule has 4 nitrogen and oxygen atoms in total. The number of carbonyl (C=O) groups is 1. The Morgan fingerprint density at radius 3 is 2.32 bits per heavy atom. The highest BCUT2D eigenvalue weighted by Crippen LogP contribution is 2.31. The summed E-state index contributed by atoms with van der Waals surface area (Å²) in [6.45, 7) is 0. The molecule has 0 unspecified atom stereocenters. The van der Waals surface area contributed by atoms with E-state index in [1.165, 1.54) is 31.4 Å². The van der Waals surface area contributed by atoms with Crippen LogP contribution < -0.4 is 15.6 Å². The summed E-state index contributed by atoms with van der Waals surface area (Å²) in [5, 5.41) is 0.678. The van der Waals surface area contributed by atoms with Gasteiger partial charge in [0, 0.05) is 5.56 Å². The maximum atomic E-state index is 12.7. The molecule has 7 heteroatoms. The third-order valence-electron chi connectivity index (χ3n) is 3.01. The molecule has 2 aromatic rings. The molecule has 0 saturated carbocycles. The Kier molecular flexibility index (Phi) is 4.37. The third-order valence-corrected chi connectivity index (χ3v) is 3.01. The number of hydrogen-bond acceptors (Lipinski definition) is 3. The number of halogens is 3. The summed E-state index contributed by atoms with van der Waals surface area (Å²) < 4.78 is 43.0. The average molecular weight is 310 g/mol. The predicted octanol–water partition coefficient (Wildman–Crippen LogP) is 3.23. The fourth-order valence-corrected chi connectivity index (χ4v) is 1.82. The van der Waals surface area contributed by atoms with Gasteiger partial charge in [-0.2, -0.15) is 13.2 Å². The fraction of sp³-hybridized carbons (Fsp3) is 0.133. The third kappa shape index (κ3) is 3.37. The Hall–Kier alpha value is -2.54. The van der Waals surface area contributed by atoms with Crippen LogP contribution in [0.2, 0.25) is 0 Å². The van der Waals surface area contributed by atoms with Crippen molar-refractivity contribution in [3.05, 3.63) is 59.7 Å². The summed E-state index contributed by atoms with van der Waals surface area (Å²) in [5.41, 5.74) is -0.681. The SMILES string of the molecule is COc1ccc(C(=O)N(N)c2cccc(C(F)(F)F)c2)cc1. The minimum atomic E-state index is -4.50. The number of ether oxygens (including phenoxy) is 1. The summed E-state index contributed by atoms with van der Waals surface area (Å²) in [6, 6.07) is 10.3. The van der Waals surface area contributed by atoms with Crippen molar-refractivity contribution in [2.75, 3.05) is 12.1 Å². The zero-order valence-electron chi connectivity index (χ0n) is 11.6. The highest BCUT2D eigenvalue weighted by atomic mass is 19.4. The molecule has 0 saturated heterocycles. The van der Waals surface area contributed by atoms with Gasteiger partial charge in [0.05, 0.1) is 18.4 Å². The molecular formula is C15H13F3N2O2. The molecule has 0 heterocycles. The molecule has 2 N–H and O–H groups in total. The van der Waals surface area contributed by atoms with Gasteiger partial charge in [-0.15, -0.1) is 0 Å². The van der Waals surface area contributed by atoms with Crippen LogP contribution in [0, 0.1) is 0 Å². The van der Waals surface area contributed by atoms with Gasteiger partial charge in [0.1, 0.15) is 5.75 Å². The summed E-state index contributed by atoms with van der Waals surface area (Å²) in [7, 11) is 1.48. The van der Waals surface area contributed by atoms with Gasteiger partial charge in [0.25, 0.3) is 5.91 Å². The van der Waals surface area contributed by atoms with Gasteiger partial charge < -0.3 is 4.74 Å². The van der Waals surface area contributed by atoms with E-state index in [1.54, 1.807) is 12.1 Å². The lowest BCUT2D eigenvalue weighted by molar-refractivity contribution is -0.137. The lowest BCUT2D eigenvalue weighted by Crippen LogP contribution is -2.37. The second kappa shape index (κ2) is 6.07. The topological polar surface area (TPSA) is 55.6 Å². The fourth-order valence-electron chi connectivity index (χ4n) is 1.82. The molecule has 2 aromatic carbocycles. The summed E-state index contributed by atoms with van der Waals surface area (Å²) in [4.78, 5) is 12.2. The van der Waals surface area contributed by atoms with Crippen molar-refractivity contribution in [1.29, 1.82) is 0 Å². The largest absolute Gasteiger partial charge is 0.497 e. The first-order chi connectivity index (χ1) is 10.3. The Morgan fingerprint density at radius 1 is 1.14 bits per heavy atom. The molecule has 2 rings (SSSR count). The molecule has 0 bridgehead atoms. The van der Waals surface area contributed by atoms with Crippen LogP contribution in [0.5, 0.6) is 5.75 Å². The van der Waals surface area contributed by atoms with E-state index in [2.05, 4.69) is 0 Å². The summed E-state index contributed by atoms with van der Waals surface area (Å²) in [5.74, 6) is 5.57. The van der Waals surface area contributed by atoms with Crippen molar-refractivity contribution in [2.24, 2.45) is 5.84 Å². The number of alkyl halides is 3.